The van der Waals surface area contributed by atoms with E-state index in [1.165, 1.54) is 37.4 Å². The van der Waals surface area contributed by atoms with Crippen LogP contribution in [0.15, 0.2) is 30.5 Å². The van der Waals surface area contributed by atoms with E-state index in [2.05, 4.69) is 10.3 Å². The molecule has 0 fully saturated rings. The van der Waals surface area contributed by atoms with E-state index in [-0.39, 0.29) is 27.8 Å². The smallest absolute Gasteiger partial charge is 0.337 e. The molecule has 21 heavy (non-hydrogen) atoms. The second-order valence-corrected chi connectivity index (χ2v) is 4.74. The molecule has 1 aromatic carbocycles. The summed E-state index contributed by atoms with van der Waals surface area (Å²) in [7, 11) is 0. The number of halogens is 1. The third-order valence-electron chi connectivity index (χ3n) is 2.79. The van der Waals surface area contributed by atoms with Crippen LogP contribution in [0.2, 0.25) is 5.02 Å². The fraction of sp³-hybridized carbons (Fsp3) is 0.0714. The highest BCUT2D eigenvalue weighted by Crippen LogP contribution is 2.21. The van der Waals surface area contributed by atoms with Crippen molar-refractivity contribution in [1.29, 1.82) is 0 Å². The molecule has 0 unspecified atom stereocenters. The van der Waals surface area contributed by atoms with Crippen LogP contribution in [0.1, 0.15) is 38.1 Å². The number of carbonyl (C=O) groups excluding carboxylic acids is 2. The quantitative estimate of drug-likeness (QED) is 0.756. The van der Waals surface area contributed by atoms with E-state index < -0.39 is 11.9 Å². The average molecular weight is 307 g/mol. The predicted molar refractivity (Wildman–Crippen MR) is 77.2 cm³/mol. The maximum Gasteiger partial charge on any atom is 0.337 e. The highest BCUT2D eigenvalue weighted by molar-refractivity contribution is 6.31. The molecule has 1 amide bonds. The van der Waals surface area contributed by atoms with Crippen LogP contribution in [0, 0.1) is 0 Å². The van der Waals surface area contributed by atoms with E-state index in [4.69, 9.17) is 16.7 Å². The Kier molecular flexibility index (Phi) is 4.09. The number of benzene rings is 1. The predicted octanol–water partition coefficient (Wildman–Crippen LogP) is 2.82. The molecule has 0 saturated heterocycles. The number of aromatic amines is 1. The number of ketones is 1. The second kappa shape index (κ2) is 5.80. The molecule has 6 nitrogen and oxygen atoms in total. The highest BCUT2D eigenvalue weighted by Gasteiger charge is 2.16. The van der Waals surface area contributed by atoms with Gasteiger partial charge in [-0.3, -0.25) is 9.59 Å². The fourth-order valence-corrected chi connectivity index (χ4v) is 1.89. The lowest BCUT2D eigenvalue weighted by Crippen LogP contribution is -2.15. The summed E-state index contributed by atoms with van der Waals surface area (Å²) in [5.74, 6) is -1.93. The Morgan fingerprint density at radius 3 is 2.52 bits per heavy atom. The number of hydrogen-bond acceptors (Lipinski definition) is 3. The number of carboxylic acids is 1. The number of carboxylic acid groups (broad SMARTS) is 1. The van der Waals surface area contributed by atoms with Crippen molar-refractivity contribution in [2.75, 3.05) is 5.32 Å². The van der Waals surface area contributed by atoms with Crippen molar-refractivity contribution >= 4 is 34.9 Å². The van der Waals surface area contributed by atoms with Crippen molar-refractivity contribution in [3.05, 3.63) is 52.3 Å². The summed E-state index contributed by atoms with van der Waals surface area (Å²) in [4.78, 5) is 37.0. The molecular formula is C14H11ClN2O4. The van der Waals surface area contributed by atoms with Gasteiger partial charge in [0.15, 0.2) is 5.78 Å². The van der Waals surface area contributed by atoms with E-state index in [1.54, 1.807) is 0 Å². The first kappa shape index (κ1) is 14.8. The Morgan fingerprint density at radius 2 is 1.95 bits per heavy atom. The number of hydrogen-bond donors (Lipinski definition) is 3. The Hall–Kier alpha value is -2.60. The summed E-state index contributed by atoms with van der Waals surface area (Å²) in [6.45, 7) is 1.38. The van der Waals surface area contributed by atoms with Crippen LogP contribution in [0.4, 0.5) is 5.69 Å². The zero-order valence-electron chi connectivity index (χ0n) is 10.9. The molecule has 3 N–H and O–H groups in total. The van der Waals surface area contributed by atoms with Crippen LogP contribution in [0.25, 0.3) is 0 Å². The largest absolute Gasteiger partial charge is 0.478 e. The van der Waals surface area contributed by atoms with Crippen LogP contribution >= 0.6 is 11.6 Å². The van der Waals surface area contributed by atoms with Gasteiger partial charge in [0.2, 0.25) is 0 Å². The van der Waals surface area contributed by atoms with E-state index in [9.17, 15) is 14.4 Å². The molecule has 0 bridgehead atoms. The van der Waals surface area contributed by atoms with Gasteiger partial charge in [-0.2, -0.15) is 0 Å². The average Bonchev–Trinajstić information content (AvgIpc) is 2.90. The van der Waals surface area contributed by atoms with Crippen LogP contribution in [0.3, 0.4) is 0 Å². The fourth-order valence-electron chi connectivity index (χ4n) is 1.72. The minimum absolute atomic E-state index is 0.116. The highest BCUT2D eigenvalue weighted by atomic mass is 35.5. The molecule has 0 aliphatic rings. The van der Waals surface area contributed by atoms with Crippen molar-refractivity contribution in [2.45, 2.75) is 6.92 Å². The third-order valence-corrected chi connectivity index (χ3v) is 3.03. The summed E-state index contributed by atoms with van der Waals surface area (Å²) in [5.41, 5.74) is 0.534. The van der Waals surface area contributed by atoms with Gasteiger partial charge in [0, 0.05) is 16.8 Å². The van der Waals surface area contributed by atoms with E-state index in [0.717, 1.165) is 0 Å². The number of rotatable bonds is 4. The van der Waals surface area contributed by atoms with Gasteiger partial charge in [-0.05, 0) is 31.2 Å². The molecule has 0 saturated carbocycles. The molecule has 0 aliphatic heterocycles. The second-order valence-electron chi connectivity index (χ2n) is 4.31. The summed E-state index contributed by atoms with van der Waals surface area (Å²) in [6, 6.07) is 5.51. The molecule has 0 radical (unpaired) electrons. The van der Waals surface area contributed by atoms with Crippen molar-refractivity contribution in [3.63, 3.8) is 0 Å². The zero-order chi connectivity index (χ0) is 15.6. The third kappa shape index (κ3) is 3.29. The van der Waals surface area contributed by atoms with Gasteiger partial charge in [0.05, 0.1) is 11.3 Å². The molecule has 1 heterocycles. The Balaban J connectivity index is 2.27. The maximum absolute atomic E-state index is 12.0. The summed E-state index contributed by atoms with van der Waals surface area (Å²) in [5, 5.41) is 11.8. The number of carbonyl (C=O) groups is 3. The van der Waals surface area contributed by atoms with E-state index >= 15 is 0 Å². The number of Topliss-reactive ketones (excluding diaryl/α,β-unsaturated/α-hetero) is 1. The molecule has 2 aromatic rings. The number of aromatic nitrogens is 1. The summed E-state index contributed by atoms with van der Waals surface area (Å²) < 4.78 is 0. The van der Waals surface area contributed by atoms with Crippen molar-refractivity contribution in [3.8, 4) is 0 Å². The topological polar surface area (TPSA) is 99.3 Å². The van der Waals surface area contributed by atoms with E-state index in [1.807, 2.05) is 0 Å². The molecule has 0 spiro atoms. The van der Waals surface area contributed by atoms with Crippen LogP contribution in [-0.2, 0) is 0 Å². The number of amides is 1. The van der Waals surface area contributed by atoms with Gasteiger partial charge in [-0.15, -0.1) is 0 Å². The maximum atomic E-state index is 12.0. The number of anilines is 1. The van der Waals surface area contributed by atoms with Gasteiger partial charge in [-0.1, -0.05) is 11.6 Å². The van der Waals surface area contributed by atoms with Crippen LogP contribution in [0.5, 0.6) is 0 Å². The Labute approximate surface area is 124 Å². The lowest BCUT2D eigenvalue weighted by Gasteiger charge is -2.07. The summed E-state index contributed by atoms with van der Waals surface area (Å²) in [6.07, 6.45) is 1.41. The first-order valence-electron chi connectivity index (χ1n) is 5.92. The van der Waals surface area contributed by atoms with Gasteiger partial charge in [0.1, 0.15) is 5.69 Å². The van der Waals surface area contributed by atoms with Crippen molar-refractivity contribution < 1.29 is 19.5 Å². The standard InChI is InChI=1S/C14H11ClN2O4/c1-7(18)8-4-12(16-6-8)13(19)17-11-3-2-9(15)5-10(11)14(20)21/h2-6,16H,1H3,(H,17,19)(H,20,21). The van der Waals surface area contributed by atoms with Gasteiger partial charge in [0.25, 0.3) is 5.91 Å². The van der Waals surface area contributed by atoms with Gasteiger partial charge < -0.3 is 15.4 Å². The zero-order valence-corrected chi connectivity index (χ0v) is 11.7. The minimum Gasteiger partial charge on any atom is -0.478 e. The Bertz CT molecular complexity index is 736. The first-order chi connectivity index (χ1) is 9.88. The summed E-state index contributed by atoms with van der Waals surface area (Å²) >= 11 is 5.73. The molecule has 0 aliphatic carbocycles. The lowest BCUT2D eigenvalue weighted by atomic mass is 10.1. The molecule has 108 valence electrons. The van der Waals surface area contributed by atoms with Crippen LogP contribution < -0.4 is 5.32 Å². The van der Waals surface area contributed by atoms with Crippen molar-refractivity contribution in [2.24, 2.45) is 0 Å². The molecule has 2 rings (SSSR count). The Morgan fingerprint density at radius 1 is 1.24 bits per heavy atom. The minimum atomic E-state index is -1.20. The van der Waals surface area contributed by atoms with Crippen LogP contribution in [-0.4, -0.2) is 27.8 Å². The van der Waals surface area contributed by atoms with Gasteiger partial charge >= 0.3 is 5.97 Å². The SMILES string of the molecule is CC(=O)c1c[nH]c(C(=O)Nc2ccc(Cl)cc2C(=O)O)c1. The molecule has 1 aromatic heterocycles. The molecular weight excluding hydrogens is 296 g/mol. The van der Waals surface area contributed by atoms with Crippen molar-refractivity contribution in [1.82, 2.24) is 4.98 Å². The van der Waals surface area contributed by atoms with E-state index in [0.29, 0.717) is 5.56 Å². The number of nitrogens with one attached hydrogen (secondary N) is 2. The lowest BCUT2D eigenvalue weighted by molar-refractivity contribution is 0.0697. The molecule has 7 heteroatoms. The first-order valence-corrected chi connectivity index (χ1v) is 6.30. The van der Waals surface area contributed by atoms with Gasteiger partial charge in [-0.25, -0.2) is 4.79 Å². The molecule has 0 atom stereocenters. The normalized spacial score (nSPS) is 10.2. The number of aromatic carboxylic acids is 1. The number of H-pyrrole nitrogens is 1. The monoisotopic (exact) mass is 306 g/mol.